The number of para-hydroxylation sites is 2. The Morgan fingerprint density at radius 1 is 0.500 bits per heavy atom. The van der Waals surface area contributed by atoms with Gasteiger partial charge >= 0.3 is 0 Å². The Bertz CT molecular complexity index is 2420. The maximum absolute atomic E-state index is 6.27. The first-order valence-electron chi connectivity index (χ1n) is 13.9. The number of anilines is 3. The number of thiazole rings is 1. The van der Waals surface area contributed by atoms with Gasteiger partial charge in [0.25, 0.3) is 0 Å². The predicted octanol–water partition coefficient (Wildman–Crippen LogP) is 11.7. The van der Waals surface area contributed by atoms with Crippen molar-refractivity contribution < 1.29 is 4.42 Å². The summed E-state index contributed by atoms with van der Waals surface area (Å²) in [7, 11) is 0. The molecule has 0 spiro atoms. The number of nitrogens with zero attached hydrogens (tertiary/aromatic N) is 2. The molecule has 3 nitrogen and oxygen atoms in total. The van der Waals surface area contributed by atoms with E-state index in [1.165, 1.54) is 24.9 Å². The number of hydrogen-bond acceptors (Lipinski definition) is 5. The van der Waals surface area contributed by atoms with Crippen LogP contribution in [0.2, 0.25) is 0 Å². The van der Waals surface area contributed by atoms with E-state index < -0.39 is 0 Å². The quantitative estimate of drug-likeness (QED) is 0.209. The van der Waals surface area contributed by atoms with Crippen molar-refractivity contribution in [1.29, 1.82) is 0 Å². The van der Waals surface area contributed by atoms with Crippen LogP contribution in [0.5, 0.6) is 0 Å². The molecule has 42 heavy (non-hydrogen) atoms. The zero-order valence-electron chi connectivity index (χ0n) is 22.3. The van der Waals surface area contributed by atoms with Crippen LogP contribution in [-0.2, 0) is 0 Å². The molecule has 3 aromatic heterocycles. The SMILES string of the molecule is c1ccc(-c2nc3c(ccc4sc5cc(N(c6ccccc6)c6ccc7c(c6)oc6ccccc67)ccc5c43)s2)cc1. The summed E-state index contributed by atoms with van der Waals surface area (Å²) in [6.45, 7) is 0. The molecule has 0 bridgehead atoms. The highest BCUT2D eigenvalue weighted by Crippen LogP contribution is 2.44. The summed E-state index contributed by atoms with van der Waals surface area (Å²) >= 11 is 3.59. The Balaban J connectivity index is 1.22. The Morgan fingerprint density at radius 3 is 2.05 bits per heavy atom. The van der Waals surface area contributed by atoms with Crippen LogP contribution in [0.4, 0.5) is 17.1 Å². The number of hydrogen-bond donors (Lipinski definition) is 0. The normalized spacial score (nSPS) is 11.8. The fraction of sp³-hybridized carbons (Fsp3) is 0. The second-order valence-electron chi connectivity index (χ2n) is 10.4. The summed E-state index contributed by atoms with van der Waals surface area (Å²) in [6.07, 6.45) is 0. The smallest absolute Gasteiger partial charge is 0.137 e. The summed E-state index contributed by atoms with van der Waals surface area (Å²) in [5, 5.41) is 5.82. The monoisotopic (exact) mass is 574 g/mol. The van der Waals surface area contributed by atoms with Crippen molar-refractivity contribution in [1.82, 2.24) is 4.98 Å². The molecule has 0 saturated carbocycles. The van der Waals surface area contributed by atoms with Crippen LogP contribution in [0.1, 0.15) is 0 Å². The highest BCUT2D eigenvalue weighted by atomic mass is 32.1. The third kappa shape index (κ3) is 3.68. The Hall–Kier alpha value is -4.97. The third-order valence-corrected chi connectivity index (χ3v) is 10.1. The van der Waals surface area contributed by atoms with E-state index in [0.717, 1.165) is 55.1 Å². The van der Waals surface area contributed by atoms with E-state index in [0.29, 0.717) is 0 Å². The molecule has 0 fully saturated rings. The van der Waals surface area contributed by atoms with E-state index in [1.54, 1.807) is 11.3 Å². The molecule has 0 aliphatic heterocycles. The summed E-state index contributed by atoms with van der Waals surface area (Å²) in [5.41, 5.74) is 7.31. The van der Waals surface area contributed by atoms with Gasteiger partial charge in [0.2, 0.25) is 0 Å². The largest absolute Gasteiger partial charge is 0.456 e. The van der Waals surface area contributed by atoms with Crippen molar-refractivity contribution in [3.63, 3.8) is 0 Å². The number of rotatable bonds is 4. The van der Waals surface area contributed by atoms with Gasteiger partial charge in [-0.05, 0) is 54.6 Å². The topological polar surface area (TPSA) is 29.3 Å². The minimum atomic E-state index is 0.887. The number of fused-ring (bicyclic) bond motifs is 8. The van der Waals surface area contributed by atoms with Gasteiger partial charge in [-0.1, -0.05) is 72.8 Å². The average molecular weight is 575 g/mol. The first-order valence-corrected chi connectivity index (χ1v) is 15.5. The lowest BCUT2D eigenvalue weighted by Crippen LogP contribution is -2.09. The summed E-state index contributed by atoms with van der Waals surface area (Å²) in [6, 6.07) is 47.0. The van der Waals surface area contributed by atoms with E-state index in [-0.39, 0.29) is 0 Å². The van der Waals surface area contributed by atoms with Gasteiger partial charge in [0, 0.05) is 59.6 Å². The lowest BCUT2D eigenvalue weighted by molar-refractivity contribution is 0.669. The molecule has 0 unspecified atom stereocenters. The summed E-state index contributed by atoms with van der Waals surface area (Å²) in [4.78, 5) is 7.45. The van der Waals surface area contributed by atoms with Gasteiger partial charge in [-0.2, -0.15) is 0 Å². The van der Waals surface area contributed by atoms with Crippen molar-refractivity contribution >= 4 is 92.1 Å². The van der Waals surface area contributed by atoms with Gasteiger partial charge in [-0.15, -0.1) is 22.7 Å². The lowest BCUT2D eigenvalue weighted by atomic mass is 10.1. The maximum Gasteiger partial charge on any atom is 0.137 e. The Kier molecular flexibility index (Phi) is 5.24. The van der Waals surface area contributed by atoms with Crippen molar-refractivity contribution in [2.24, 2.45) is 0 Å². The molecule has 0 N–H and O–H groups in total. The van der Waals surface area contributed by atoms with Gasteiger partial charge in [0.15, 0.2) is 0 Å². The van der Waals surface area contributed by atoms with E-state index in [1.807, 2.05) is 29.5 Å². The molecule has 198 valence electrons. The maximum atomic E-state index is 6.27. The molecule has 3 heterocycles. The molecule has 9 rings (SSSR count). The van der Waals surface area contributed by atoms with E-state index >= 15 is 0 Å². The molecular weight excluding hydrogens is 553 g/mol. The van der Waals surface area contributed by atoms with Gasteiger partial charge < -0.3 is 9.32 Å². The fourth-order valence-electron chi connectivity index (χ4n) is 5.96. The third-order valence-electron chi connectivity index (χ3n) is 7.89. The molecule has 0 aliphatic rings. The second-order valence-corrected chi connectivity index (χ2v) is 12.5. The van der Waals surface area contributed by atoms with Gasteiger partial charge in [-0.3, -0.25) is 0 Å². The van der Waals surface area contributed by atoms with Crippen LogP contribution >= 0.6 is 22.7 Å². The van der Waals surface area contributed by atoms with Gasteiger partial charge in [-0.25, -0.2) is 4.98 Å². The van der Waals surface area contributed by atoms with Crippen LogP contribution < -0.4 is 4.90 Å². The molecule has 6 aromatic carbocycles. The van der Waals surface area contributed by atoms with Crippen molar-refractivity contribution in [2.75, 3.05) is 4.90 Å². The number of benzene rings is 6. The lowest BCUT2D eigenvalue weighted by Gasteiger charge is -2.25. The van der Waals surface area contributed by atoms with Gasteiger partial charge in [0.1, 0.15) is 16.2 Å². The molecule has 0 atom stereocenters. The van der Waals surface area contributed by atoms with E-state index in [9.17, 15) is 0 Å². The van der Waals surface area contributed by atoms with Crippen LogP contribution in [0.3, 0.4) is 0 Å². The van der Waals surface area contributed by atoms with Crippen LogP contribution in [0.15, 0.2) is 138 Å². The van der Waals surface area contributed by atoms with Crippen molar-refractivity contribution in [3.05, 3.63) is 133 Å². The molecule has 0 radical (unpaired) electrons. The number of aromatic nitrogens is 1. The van der Waals surface area contributed by atoms with Crippen LogP contribution in [0, 0.1) is 0 Å². The molecule has 5 heteroatoms. The molecule has 0 amide bonds. The van der Waals surface area contributed by atoms with Gasteiger partial charge in [0.05, 0.1) is 10.2 Å². The number of thiophene rings is 1. The summed E-state index contributed by atoms with van der Waals surface area (Å²) in [5.74, 6) is 0. The molecule has 0 saturated heterocycles. The first-order chi connectivity index (χ1) is 20.8. The Labute approximate surface area is 249 Å². The first kappa shape index (κ1) is 23.7. The molecule has 0 aliphatic carbocycles. The minimum Gasteiger partial charge on any atom is -0.456 e. The van der Waals surface area contributed by atoms with E-state index in [2.05, 4.69) is 120 Å². The van der Waals surface area contributed by atoms with Crippen molar-refractivity contribution in [3.8, 4) is 10.6 Å². The highest BCUT2D eigenvalue weighted by molar-refractivity contribution is 7.26. The molecular formula is C37H22N2OS2. The Morgan fingerprint density at radius 2 is 1.19 bits per heavy atom. The average Bonchev–Trinajstić information content (AvgIpc) is 3.74. The predicted molar refractivity (Wildman–Crippen MR) is 180 cm³/mol. The highest BCUT2D eigenvalue weighted by Gasteiger charge is 2.18. The van der Waals surface area contributed by atoms with Crippen molar-refractivity contribution in [2.45, 2.75) is 0 Å². The van der Waals surface area contributed by atoms with Crippen LogP contribution in [-0.4, -0.2) is 4.98 Å². The minimum absolute atomic E-state index is 0.887. The molecule has 9 aromatic rings. The zero-order chi connectivity index (χ0) is 27.6. The number of furan rings is 1. The summed E-state index contributed by atoms with van der Waals surface area (Å²) < 4.78 is 9.99. The second kappa shape index (κ2) is 9.28. The standard InChI is InChI=1S/C37H22N2OS2/c1-3-9-23(10-4-1)37-38-36-33(42-37)20-19-32-35(36)29-18-16-26(22-34(29)41-32)39(24-11-5-2-6-12-24)25-15-17-28-27-13-7-8-14-30(27)40-31(28)21-25/h1-22H. The fourth-order valence-corrected chi connectivity index (χ4v) is 8.08. The van der Waals surface area contributed by atoms with Crippen LogP contribution in [0.25, 0.3) is 62.9 Å². The van der Waals surface area contributed by atoms with E-state index in [4.69, 9.17) is 9.40 Å². The zero-order valence-corrected chi connectivity index (χ0v) is 24.0.